The number of esters is 1. The third kappa shape index (κ3) is 6.75. The normalized spacial score (nSPS) is 31.3. The van der Waals surface area contributed by atoms with E-state index >= 15 is 0 Å². The summed E-state index contributed by atoms with van der Waals surface area (Å²) in [4.78, 5) is 38.0. The van der Waals surface area contributed by atoms with Gasteiger partial charge in [-0.05, 0) is 73.5 Å². The average Bonchev–Trinajstić information content (AvgIpc) is 2.59. The molecule has 0 radical (unpaired) electrons. The summed E-state index contributed by atoms with van der Waals surface area (Å²) in [5.74, 6) is -0.171. The number of nitrogens with one attached hydrogen (secondary N) is 1. The smallest absolute Gasteiger partial charge is 0.312 e. The molecule has 5 atom stereocenters. The van der Waals surface area contributed by atoms with Crippen LogP contribution in [0.5, 0.6) is 0 Å². The first-order chi connectivity index (χ1) is 15.3. The van der Waals surface area contributed by atoms with Crippen molar-refractivity contribution in [3.05, 3.63) is 0 Å². The SMILES string of the molecule is CC1CC2CC(CC(=O)O)(C1)CC(C)(C(=O)NCCOC(=O)C(C)(CC(C)(C)C)C(C)(C)C)C2. The van der Waals surface area contributed by atoms with Gasteiger partial charge >= 0.3 is 11.9 Å². The first-order valence-electron chi connectivity index (χ1n) is 13.0. The Morgan fingerprint density at radius 1 is 1.03 bits per heavy atom. The van der Waals surface area contributed by atoms with E-state index in [2.05, 4.69) is 53.8 Å². The second kappa shape index (κ2) is 9.81. The van der Waals surface area contributed by atoms with Gasteiger partial charge in [-0.15, -0.1) is 0 Å². The average molecular weight is 480 g/mol. The Bertz CT molecular complexity index is 775. The van der Waals surface area contributed by atoms with Crippen molar-refractivity contribution in [1.29, 1.82) is 0 Å². The van der Waals surface area contributed by atoms with Gasteiger partial charge in [0, 0.05) is 5.41 Å². The molecule has 2 bridgehead atoms. The highest BCUT2D eigenvalue weighted by Gasteiger charge is 2.53. The Morgan fingerprint density at radius 3 is 2.18 bits per heavy atom. The zero-order valence-electron chi connectivity index (χ0n) is 23.1. The monoisotopic (exact) mass is 479 g/mol. The molecule has 2 rings (SSSR count). The molecule has 34 heavy (non-hydrogen) atoms. The van der Waals surface area contributed by atoms with Crippen molar-refractivity contribution in [2.24, 2.45) is 38.9 Å². The standard InChI is InChI=1S/C28H49NO5/c1-19-12-20-14-26(8,18-28(13-19,15-20)16-21(30)31)22(32)29-10-11-34-23(33)27(9,25(5,6)7)17-24(2,3)4/h19-20H,10-18H2,1-9H3,(H,29,32)(H,30,31). The lowest BCUT2D eigenvalue weighted by atomic mass is 9.51. The maximum Gasteiger partial charge on any atom is 0.312 e. The maximum atomic E-state index is 13.2. The van der Waals surface area contributed by atoms with E-state index in [-0.39, 0.29) is 47.7 Å². The molecule has 2 aliphatic rings. The fraction of sp³-hybridized carbons (Fsp3) is 0.893. The molecule has 5 unspecified atom stereocenters. The molecule has 2 saturated carbocycles. The highest BCUT2D eigenvalue weighted by molar-refractivity contribution is 5.83. The molecule has 0 aromatic rings. The number of fused-ring (bicyclic) bond motifs is 2. The van der Waals surface area contributed by atoms with Crippen LogP contribution in [0.25, 0.3) is 0 Å². The molecule has 6 nitrogen and oxygen atoms in total. The van der Waals surface area contributed by atoms with Gasteiger partial charge in [0.15, 0.2) is 0 Å². The fourth-order valence-corrected chi connectivity index (χ4v) is 7.09. The third-order valence-corrected chi connectivity index (χ3v) is 8.43. The zero-order valence-corrected chi connectivity index (χ0v) is 23.1. The summed E-state index contributed by atoms with van der Waals surface area (Å²) in [6.45, 7) is 19.1. The van der Waals surface area contributed by atoms with E-state index < -0.39 is 16.8 Å². The first kappa shape index (κ1) is 28.6. The molecule has 0 aromatic carbocycles. The van der Waals surface area contributed by atoms with Crippen LogP contribution in [-0.4, -0.2) is 36.1 Å². The van der Waals surface area contributed by atoms with Crippen LogP contribution >= 0.6 is 0 Å². The van der Waals surface area contributed by atoms with Gasteiger partial charge in [0.2, 0.25) is 5.91 Å². The fourth-order valence-electron chi connectivity index (χ4n) is 7.09. The molecule has 0 heterocycles. The number of amides is 1. The van der Waals surface area contributed by atoms with Crippen LogP contribution in [0.2, 0.25) is 0 Å². The highest BCUT2D eigenvalue weighted by Crippen LogP contribution is 2.58. The summed E-state index contributed by atoms with van der Waals surface area (Å²) in [6.07, 6.45) is 5.07. The van der Waals surface area contributed by atoms with Crippen LogP contribution in [-0.2, 0) is 19.1 Å². The van der Waals surface area contributed by atoms with Crippen molar-refractivity contribution in [3.8, 4) is 0 Å². The Labute approximate surface area is 207 Å². The van der Waals surface area contributed by atoms with E-state index in [0.29, 0.717) is 24.7 Å². The van der Waals surface area contributed by atoms with E-state index in [4.69, 9.17) is 4.74 Å². The van der Waals surface area contributed by atoms with Crippen LogP contribution in [0.15, 0.2) is 0 Å². The molecular weight excluding hydrogens is 430 g/mol. The summed E-state index contributed by atoms with van der Waals surface area (Å²) < 4.78 is 5.68. The summed E-state index contributed by atoms with van der Waals surface area (Å²) in [6, 6.07) is 0. The van der Waals surface area contributed by atoms with Crippen molar-refractivity contribution >= 4 is 17.8 Å². The quantitative estimate of drug-likeness (QED) is 0.337. The highest BCUT2D eigenvalue weighted by atomic mass is 16.5. The molecule has 2 N–H and O–H groups in total. The maximum absolute atomic E-state index is 13.2. The molecule has 6 heteroatoms. The summed E-state index contributed by atoms with van der Waals surface area (Å²) in [7, 11) is 0. The van der Waals surface area contributed by atoms with E-state index in [9.17, 15) is 19.5 Å². The number of carbonyl (C=O) groups is 3. The van der Waals surface area contributed by atoms with Gasteiger partial charge in [-0.3, -0.25) is 14.4 Å². The predicted molar refractivity (Wildman–Crippen MR) is 134 cm³/mol. The van der Waals surface area contributed by atoms with Crippen molar-refractivity contribution in [2.75, 3.05) is 13.2 Å². The number of carboxylic acids is 1. The summed E-state index contributed by atoms with van der Waals surface area (Å²) in [5, 5.41) is 12.5. The molecule has 0 aromatic heterocycles. The molecule has 1 amide bonds. The lowest BCUT2D eigenvalue weighted by Crippen LogP contribution is -2.51. The van der Waals surface area contributed by atoms with Gasteiger partial charge in [0.05, 0.1) is 18.4 Å². The first-order valence-corrected chi connectivity index (χ1v) is 13.0. The number of hydrogen-bond donors (Lipinski definition) is 2. The second-order valence-corrected chi connectivity index (χ2v) is 14.3. The van der Waals surface area contributed by atoms with E-state index in [1.54, 1.807) is 0 Å². The number of aliphatic carboxylic acids is 1. The number of carbonyl (C=O) groups excluding carboxylic acids is 2. The Hall–Kier alpha value is -1.59. The Kier molecular flexibility index (Phi) is 8.27. The molecule has 2 aliphatic carbocycles. The van der Waals surface area contributed by atoms with Crippen LogP contribution in [0.1, 0.15) is 107 Å². The lowest BCUT2D eigenvalue weighted by Gasteiger charge is -2.53. The number of carboxylic acid groups (broad SMARTS) is 1. The molecule has 196 valence electrons. The molecule has 0 spiro atoms. The van der Waals surface area contributed by atoms with Crippen molar-refractivity contribution in [1.82, 2.24) is 5.32 Å². The Balaban J connectivity index is 1.99. The zero-order chi connectivity index (χ0) is 26.2. The number of hydrogen-bond acceptors (Lipinski definition) is 4. The second-order valence-electron chi connectivity index (χ2n) is 14.3. The van der Waals surface area contributed by atoms with Gasteiger partial charge in [0.1, 0.15) is 6.61 Å². The predicted octanol–water partition coefficient (Wildman–Crippen LogP) is 5.83. The minimum absolute atomic E-state index is 0.0215. The molecule has 0 aliphatic heterocycles. The van der Waals surface area contributed by atoms with Gasteiger partial charge in [-0.2, -0.15) is 0 Å². The largest absolute Gasteiger partial charge is 0.481 e. The van der Waals surface area contributed by atoms with Crippen LogP contribution < -0.4 is 5.32 Å². The van der Waals surface area contributed by atoms with E-state index in [1.807, 2.05) is 13.8 Å². The van der Waals surface area contributed by atoms with Crippen molar-refractivity contribution in [3.63, 3.8) is 0 Å². The van der Waals surface area contributed by atoms with E-state index in [1.165, 1.54) is 0 Å². The van der Waals surface area contributed by atoms with Crippen LogP contribution in [0, 0.1) is 38.9 Å². The third-order valence-electron chi connectivity index (χ3n) is 8.43. The lowest BCUT2D eigenvalue weighted by molar-refractivity contribution is -0.165. The molecular formula is C28H49NO5. The molecule has 0 saturated heterocycles. The van der Waals surface area contributed by atoms with Gasteiger partial charge < -0.3 is 15.2 Å². The van der Waals surface area contributed by atoms with Crippen molar-refractivity contribution in [2.45, 2.75) is 107 Å². The molecule has 2 fully saturated rings. The van der Waals surface area contributed by atoms with Crippen LogP contribution in [0.3, 0.4) is 0 Å². The topological polar surface area (TPSA) is 92.7 Å². The number of rotatable bonds is 8. The summed E-state index contributed by atoms with van der Waals surface area (Å²) >= 11 is 0. The van der Waals surface area contributed by atoms with Gasteiger partial charge in [-0.1, -0.05) is 55.4 Å². The minimum Gasteiger partial charge on any atom is -0.481 e. The minimum atomic E-state index is -0.776. The Morgan fingerprint density at radius 2 is 1.65 bits per heavy atom. The van der Waals surface area contributed by atoms with Crippen LogP contribution in [0.4, 0.5) is 0 Å². The van der Waals surface area contributed by atoms with E-state index in [0.717, 1.165) is 25.7 Å². The van der Waals surface area contributed by atoms with Crippen molar-refractivity contribution < 1.29 is 24.2 Å². The van der Waals surface area contributed by atoms with Gasteiger partial charge in [-0.25, -0.2) is 0 Å². The summed E-state index contributed by atoms with van der Waals surface area (Å²) in [5.41, 5.74) is -1.81. The van der Waals surface area contributed by atoms with Gasteiger partial charge in [0.25, 0.3) is 0 Å². The number of ether oxygens (including phenoxy) is 1.